The Balaban J connectivity index is 1.83. The molecule has 23 heavy (non-hydrogen) atoms. The summed E-state index contributed by atoms with van der Waals surface area (Å²) in [6.45, 7) is 7.75. The fourth-order valence-electron chi connectivity index (χ4n) is 4.13. The molecule has 3 heteroatoms. The molecule has 1 N–H and O–H groups in total. The zero-order chi connectivity index (χ0) is 16.4. The lowest BCUT2D eigenvalue weighted by Gasteiger charge is -2.38. The second kappa shape index (κ2) is 7.04. The summed E-state index contributed by atoms with van der Waals surface area (Å²) in [4.78, 5) is 14.8. The van der Waals surface area contributed by atoms with Gasteiger partial charge in [0.25, 0.3) is 5.91 Å². The van der Waals surface area contributed by atoms with Crippen molar-refractivity contribution < 1.29 is 4.79 Å². The fourth-order valence-corrected chi connectivity index (χ4v) is 4.13. The van der Waals surface area contributed by atoms with Crippen LogP contribution in [0.2, 0.25) is 0 Å². The lowest BCUT2D eigenvalue weighted by atomic mass is 9.78. The highest BCUT2D eigenvalue weighted by atomic mass is 16.2. The summed E-state index contributed by atoms with van der Waals surface area (Å²) in [5.74, 6) is 1.63. The second-order valence-electron chi connectivity index (χ2n) is 7.38. The molecule has 0 radical (unpaired) electrons. The van der Waals surface area contributed by atoms with Gasteiger partial charge in [-0.25, -0.2) is 0 Å². The zero-order valence-corrected chi connectivity index (χ0v) is 14.7. The molecule has 1 aromatic carbocycles. The molecule has 1 fully saturated rings. The van der Waals surface area contributed by atoms with Crippen molar-refractivity contribution in [3.05, 3.63) is 35.4 Å². The first-order valence-electron chi connectivity index (χ1n) is 9.29. The summed E-state index contributed by atoms with van der Waals surface area (Å²) in [6, 6.07) is 8.63. The lowest BCUT2D eigenvalue weighted by molar-refractivity contribution is 0.0640. The molecular formula is C20H30N2O. The van der Waals surface area contributed by atoms with E-state index >= 15 is 0 Å². The van der Waals surface area contributed by atoms with E-state index in [1.54, 1.807) is 0 Å². The number of nitrogens with zero attached hydrogens (tertiary/aromatic N) is 1. The van der Waals surface area contributed by atoms with Gasteiger partial charge in [0.2, 0.25) is 0 Å². The van der Waals surface area contributed by atoms with Crippen LogP contribution in [0, 0.1) is 11.8 Å². The molecule has 1 saturated carbocycles. The van der Waals surface area contributed by atoms with Crippen molar-refractivity contribution in [2.24, 2.45) is 11.8 Å². The number of rotatable bonds is 5. The standard InChI is InChI=1S/C20H30N2O/c1-4-5-13-22-19(16-10-6-7-11-17(16)20(22)23)21-18-12-8-9-14(2)15(18)3/h6-7,10-11,14-15,18-19,21H,4-5,8-9,12-13H2,1-3H3. The van der Waals surface area contributed by atoms with Gasteiger partial charge in [0, 0.05) is 23.7 Å². The maximum absolute atomic E-state index is 12.8. The summed E-state index contributed by atoms with van der Waals surface area (Å²) in [6.07, 6.45) is 6.08. The third-order valence-corrected chi connectivity index (χ3v) is 5.89. The Labute approximate surface area is 140 Å². The third-order valence-electron chi connectivity index (χ3n) is 5.89. The van der Waals surface area contributed by atoms with E-state index in [0.29, 0.717) is 12.0 Å². The number of hydrogen-bond donors (Lipinski definition) is 1. The van der Waals surface area contributed by atoms with E-state index in [1.165, 1.54) is 24.8 Å². The van der Waals surface area contributed by atoms with Crippen LogP contribution in [0.5, 0.6) is 0 Å². The van der Waals surface area contributed by atoms with Crippen molar-refractivity contribution in [2.45, 2.75) is 65.1 Å². The summed E-state index contributed by atoms with van der Waals surface area (Å²) in [7, 11) is 0. The largest absolute Gasteiger partial charge is 0.319 e. The van der Waals surface area contributed by atoms with Gasteiger partial charge in [0.15, 0.2) is 0 Å². The van der Waals surface area contributed by atoms with E-state index in [0.717, 1.165) is 30.9 Å². The molecule has 126 valence electrons. The van der Waals surface area contributed by atoms with E-state index < -0.39 is 0 Å². The maximum atomic E-state index is 12.8. The summed E-state index contributed by atoms with van der Waals surface area (Å²) < 4.78 is 0. The number of carbonyl (C=O) groups excluding carboxylic acids is 1. The van der Waals surface area contributed by atoms with Crippen LogP contribution >= 0.6 is 0 Å². The minimum atomic E-state index is 0.0583. The molecule has 1 aliphatic carbocycles. The Bertz CT molecular complexity index is 556. The molecule has 0 bridgehead atoms. The fraction of sp³-hybridized carbons (Fsp3) is 0.650. The van der Waals surface area contributed by atoms with E-state index in [2.05, 4.69) is 43.1 Å². The molecule has 1 aliphatic heterocycles. The first kappa shape index (κ1) is 16.5. The van der Waals surface area contributed by atoms with Crippen LogP contribution in [0.15, 0.2) is 24.3 Å². The predicted molar refractivity (Wildman–Crippen MR) is 94.2 cm³/mol. The average Bonchev–Trinajstić information content (AvgIpc) is 2.82. The van der Waals surface area contributed by atoms with Crippen LogP contribution in [-0.2, 0) is 0 Å². The first-order chi connectivity index (χ1) is 11.1. The zero-order valence-electron chi connectivity index (χ0n) is 14.7. The number of hydrogen-bond acceptors (Lipinski definition) is 2. The van der Waals surface area contributed by atoms with Gasteiger partial charge >= 0.3 is 0 Å². The van der Waals surface area contributed by atoms with Crippen molar-refractivity contribution in [1.29, 1.82) is 0 Å². The number of fused-ring (bicyclic) bond motifs is 1. The van der Waals surface area contributed by atoms with E-state index in [1.807, 2.05) is 12.1 Å². The number of carbonyl (C=O) groups is 1. The Morgan fingerprint density at radius 3 is 2.78 bits per heavy atom. The van der Waals surface area contributed by atoms with Gasteiger partial charge in [-0.1, -0.05) is 58.2 Å². The van der Waals surface area contributed by atoms with Gasteiger partial charge in [-0.15, -0.1) is 0 Å². The van der Waals surface area contributed by atoms with Crippen molar-refractivity contribution in [1.82, 2.24) is 10.2 Å². The van der Waals surface area contributed by atoms with Gasteiger partial charge in [-0.05, 0) is 30.7 Å². The van der Waals surface area contributed by atoms with Crippen molar-refractivity contribution in [3.63, 3.8) is 0 Å². The quantitative estimate of drug-likeness (QED) is 0.876. The van der Waals surface area contributed by atoms with E-state index in [4.69, 9.17) is 0 Å². The minimum Gasteiger partial charge on any atom is -0.319 e. The Hall–Kier alpha value is -1.35. The van der Waals surface area contributed by atoms with Crippen LogP contribution in [0.25, 0.3) is 0 Å². The van der Waals surface area contributed by atoms with E-state index in [9.17, 15) is 4.79 Å². The van der Waals surface area contributed by atoms with Gasteiger partial charge in [0.05, 0.1) is 0 Å². The maximum Gasteiger partial charge on any atom is 0.255 e. The van der Waals surface area contributed by atoms with Crippen LogP contribution in [0.1, 0.15) is 75.0 Å². The Morgan fingerprint density at radius 1 is 1.22 bits per heavy atom. The Kier molecular flexibility index (Phi) is 5.05. The highest BCUT2D eigenvalue weighted by Gasteiger charge is 2.38. The van der Waals surface area contributed by atoms with Crippen molar-refractivity contribution in [3.8, 4) is 0 Å². The molecule has 1 aromatic rings. The SMILES string of the molecule is CCCCN1C(=O)c2ccccc2C1NC1CCCC(C)C1C. The molecule has 4 atom stereocenters. The summed E-state index contributed by atoms with van der Waals surface area (Å²) in [5.41, 5.74) is 2.05. The topological polar surface area (TPSA) is 32.3 Å². The highest BCUT2D eigenvalue weighted by Crippen LogP contribution is 2.36. The average molecular weight is 314 g/mol. The number of benzene rings is 1. The molecule has 0 saturated heterocycles. The van der Waals surface area contributed by atoms with Crippen molar-refractivity contribution in [2.75, 3.05) is 6.54 Å². The van der Waals surface area contributed by atoms with Crippen LogP contribution < -0.4 is 5.32 Å². The minimum absolute atomic E-state index is 0.0583. The normalized spacial score (nSPS) is 30.6. The van der Waals surface area contributed by atoms with Gasteiger partial charge in [0.1, 0.15) is 6.17 Å². The molecule has 1 heterocycles. The molecule has 0 aromatic heterocycles. The third kappa shape index (κ3) is 3.16. The monoisotopic (exact) mass is 314 g/mol. The van der Waals surface area contributed by atoms with Crippen LogP contribution in [0.4, 0.5) is 0 Å². The molecule has 4 unspecified atom stereocenters. The van der Waals surface area contributed by atoms with Crippen LogP contribution in [-0.4, -0.2) is 23.4 Å². The summed E-state index contributed by atoms with van der Waals surface area (Å²) in [5, 5.41) is 3.85. The molecular weight excluding hydrogens is 284 g/mol. The van der Waals surface area contributed by atoms with Crippen LogP contribution in [0.3, 0.4) is 0 Å². The first-order valence-corrected chi connectivity index (χ1v) is 9.29. The van der Waals surface area contributed by atoms with Crippen molar-refractivity contribution >= 4 is 5.91 Å². The molecule has 3 nitrogen and oxygen atoms in total. The van der Waals surface area contributed by atoms with Gasteiger partial charge in [-0.3, -0.25) is 10.1 Å². The molecule has 3 rings (SSSR count). The predicted octanol–water partition coefficient (Wildman–Crippen LogP) is 4.36. The number of amides is 1. The molecule has 2 aliphatic rings. The number of unbranched alkanes of at least 4 members (excludes halogenated alkanes) is 1. The second-order valence-corrected chi connectivity index (χ2v) is 7.38. The highest BCUT2D eigenvalue weighted by molar-refractivity contribution is 5.99. The Morgan fingerprint density at radius 2 is 2.00 bits per heavy atom. The number of nitrogens with one attached hydrogen (secondary N) is 1. The molecule has 0 spiro atoms. The van der Waals surface area contributed by atoms with Gasteiger partial charge in [-0.2, -0.15) is 0 Å². The smallest absolute Gasteiger partial charge is 0.255 e. The lowest BCUT2D eigenvalue weighted by Crippen LogP contribution is -2.47. The van der Waals surface area contributed by atoms with E-state index in [-0.39, 0.29) is 12.1 Å². The molecule has 1 amide bonds. The summed E-state index contributed by atoms with van der Waals surface area (Å²) >= 11 is 0. The van der Waals surface area contributed by atoms with Gasteiger partial charge < -0.3 is 4.90 Å².